The number of aromatic nitrogens is 3. The number of carbonyl (C=O) groups is 2. The Bertz CT molecular complexity index is 2000. The van der Waals surface area contributed by atoms with Gasteiger partial charge in [0.1, 0.15) is 0 Å². The number of nitrogens with one attached hydrogen (secondary N) is 2. The van der Waals surface area contributed by atoms with E-state index in [0.717, 1.165) is 30.5 Å². The van der Waals surface area contributed by atoms with Crippen molar-refractivity contribution in [1.82, 2.24) is 20.3 Å². The summed E-state index contributed by atoms with van der Waals surface area (Å²) in [6, 6.07) is 21.1. The minimum Gasteiger partial charge on any atom is -0.432 e. The molecule has 2 fully saturated rings. The first-order valence-electron chi connectivity index (χ1n) is 18.1. The van der Waals surface area contributed by atoms with E-state index in [9.17, 15) is 29.6 Å². The van der Waals surface area contributed by atoms with E-state index in [0.29, 0.717) is 35.6 Å². The first-order chi connectivity index (χ1) is 25.4. The zero-order valence-corrected chi connectivity index (χ0v) is 31.0. The van der Waals surface area contributed by atoms with Crippen molar-refractivity contribution in [2.45, 2.75) is 81.6 Å². The van der Waals surface area contributed by atoms with Gasteiger partial charge in [0.2, 0.25) is 5.91 Å². The molecule has 53 heavy (non-hydrogen) atoms. The Hall–Kier alpha value is -4.80. The van der Waals surface area contributed by atoms with Gasteiger partial charge in [-0.2, -0.15) is 0 Å². The van der Waals surface area contributed by atoms with Gasteiger partial charge in [0.25, 0.3) is 11.6 Å². The molecular formula is C38H45N7O7Si. The predicted molar refractivity (Wildman–Crippen MR) is 200 cm³/mol. The zero-order chi connectivity index (χ0) is 37.5. The lowest BCUT2D eigenvalue weighted by molar-refractivity contribution is -0.385. The maximum Gasteiger partial charge on any atom is 0.269 e. The first-order valence-corrected chi connectivity index (χ1v) is 21.1. The standard InChI is InChI=1S/C38H45N7O7Si/c1-24-35(53(2,3)51)34(16-18-43-22-32(41-42-43)29(23-46)26-10-5-4-6-11-26)52-38(24)30-20-28(45(49)50)14-15-33(30)44(37(38)48)21-25-9-7-12-27(19-25)40-36(47)31-13-8-17-39-31/h4-7,9-12,14-15,19-20,22,24,29,31,34-35,39,46,51H,8,13,16-18,21,23H2,1-3H3,(H,40,47)/t24-,29?,31-,34+,35-,38+/m1/s1. The van der Waals surface area contributed by atoms with E-state index in [1.54, 1.807) is 27.9 Å². The van der Waals surface area contributed by atoms with E-state index in [1.807, 2.05) is 68.5 Å². The van der Waals surface area contributed by atoms with Gasteiger partial charge in [0.15, 0.2) is 13.9 Å². The fourth-order valence-electron chi connectivity index (χ4n) is 8.57. The minimum atomic E-state index is -3.01. The first kappa shape index (κ1) is 36.6. The Labute approximate surface area is 308 Å². The number of aliphatic hydroxyl groups excluding tert-OH is 1. The normalized spacial score (nSPS) is 24.5. The number of aryl methyl sites for hydroxylation is 1. The van der Waals surface area contributed by atoms with Crippen molar-refractivity contribution in [3.8, 4) is 0 Å². The van der Waals surface area contributed by atoms with Crippen LogP contribution < -0.4 is 15.5 Å². The second-order valence-corrected chi connectivity index (χ2v) is 18.9. The molecule has 15 heteroatoms. The summed E-state index contributed by atoms with van der Waals surface area (Å²) in [6.07, 6.45) is 3.31. The van der Waals surface area contributed by atoms with Crippen molar-refractivity contribution in [3.63, 3.8) is 0 Å². The van der Waals surface area contributed by atoms with Gasteiger partial charge >= 0.3 is 0 Å². The minimum absolute atomic E-state index is 0.110. The van der Waals surface area contributed by atoms with Crippen LogP contribution in [0, 0.1) is 16.0 Å². The number of hydrogen-bond donors (Lipinski definition) is 4. The highest BCUT2D eigenvalue weighted by atomic mass is 28.4. The Morgan fingerprint density at radius 1 is 1.17 bits per heavy atom. The van der Waals surface area contributed by atoms with Crippen LogP contribution in [0.15, 0.2) is 79.0 Å². The third-order valence-electron chi connectivity index (χ3n) is 11.0. The molecule has 3 aromatic carbocycles. The molecule has 0 saturated carbocycles. The van der Waals surface area contributed by atoms with Gasteiger partial charge in [-0.25, -0.2) is 0 Å². The molecule has 3 aliphatic heterocycles. The van der Waals surface area contributed by atoms with Crippen molar-refractivity contribution < 1.29 is 29.2 Å². The van der Waals surface area contributed by atoms with Crippen LogP contribution in [0.1, 0.15) is 54.5 Å². The zero-order valence-electron chi connectivity index (χ0n) is 30.0. The van der Waals surface area contributed by atoms with Gasteiger partial charge in [-0.3, -0.25) is 24.4 Å². The predicted octanol–water partition coefficient (Wildman–Crippen LogP) is 4.44. The Morgan fingerprint density at radius 3 is 2.66 bits per heavy atom. The number of rotatable bonds is 12. The lowest BCUT2D eigenvalue weighted by Crippen LogP contribution is -2.46. The Balaban J connectivity index is 1.17. The molecule has 4 heterocycles. The van der Waals surface area contributed by atoms with Gasteiger partial charge in [-0.05, 0) is 68.2 Å². The molecule has 0 aliphatic carbocycles. The van der Waals surface area contributed by atoms with E-state index >= 15 is 0 Å². The van der Waals surface area contributed by atoms with Gasteiger partial charge in [-0.15, -0.1) is 5.10 Å². The molecule has 4 N–H and O–H groups in total. The van der Waals surface area contributed by atoms with Gasteiger partial charge in [0.05, 0.1) is 47.5 Å². The number of ether oxygens (including phenoxy) is 1. The van der Waals surface area contributed by atoms with Crippen molar-refractivity contribution >= 4 is 37.2 Å². The van der Waals surface area contributed by atoms with E-state index < -0.39 is 36.4 Å². The maximum absolute atomic E-state index is 14.9. The average Bonchev–Trinajstić information content (AvgIpc) is 3.93. The molecule has 0 bridgehead atoms. The fraction of sp³-hybridized carbons (Fsp3) is 0.421. The van der Waals surface area contributed by atoms with Gasteiger partial charge in [0, 0.05) is 47.6 Å². The molecule has 4 aromatic rings. The highest BCUT2D eigenvalue weighted by Gasteiger charge is 2.66. The number of amides is 2. The summed E-state index contributed by atoms with van der Waals surface area (Å²) in [5, 5.41) is 37.0. The van der Waals surface area contributed by atoms with Crippen LogP contribution >= 0.6 is 0 Å². The third kappa shape index (κ3) is 6.90. The lowest BCUT2D eigenvalue weighted by Gasteiger charge is -2.32. The second-order valence-electron chi connectivity index (χ2n) is 14.9. The smallest absolute Gasteiger partial charge is 0.269 e. The molecule has 6 atom stereocenters. The second kappa shape index (κ2) is 14.6. The summed E-state index contributed by atoms with van der Waals surface area (Å²) >= 11 is 0. The number of nitro benzene ring substituents is 1. The van der Waals surface area contributed by atoms with E-state index in [4.69, 9.17) is 4.74 Å². The Morgan fingerprint density at radius 2 is 1.96 bits per heavy atom. The largest absolute Gasteiger partial charge is 0.432 e. The number of carbonyl (C=O) groups excluding carboxylic acids is 2. The van der Waals surface area contributed by atoms with Crippen LogP contribution in [0.3, 0.4) is 0 Å². The summed E-state index contributed by atoms with van der Waals surface area (Å²) in [7, 11) is -3.01. The molecule has 7 rings (SSSR count). The van der Waals surface area contributed by atoms with Crippen LogP contribution in [-0.4, -0.2) is 75.2 Å². The van der Waals surface area contributed by atoms with E-state index in [2.05, 4.69) is 20.9 Å². The van der Waals surface area contributed by atoms with Gasteiger partial charge in [-0.1, -0.05) is 54.6 Å². The number of nitrogens with zero attached hydrogens (tertiary/aromatic N) is 5. The molecule has 3 aliphatic rings. The summed E-state index contributed by atoms with van der Waals surface area (Å²) in [6.45, 7) is 6.71. The number of anilines is 2. The molecule has 1 spiro atoms. The van der Waals surface area contributed by atoms with Gasteiger partial charge < -0.3 is 30.2 Å². The lowest BCUT2D eigenvalue weighted by atomic mass is 9.82. The van der Waals surface area contributed by atoms with E-state index in [-0.39, 0.29) is 42.6 Å². The number of benzene rings is 3. The summed E-state index contributed by atoms with van der Waals surface area (Å²) in [5.74, 6) is -1.33. The number of fused-ring (bicyclic) bond motifs is 2. The highest BCUT2D eigenvalue weighted by molar-refractivity contribution is 6.71. The quantitative estimate of drug-likeness (QED) is 0.0921. The van der Waals surface area contributed by atoms with Crippen LogP contribution in [0.4, 0.5) is 17.1 Å². The van der Waals surface area contributed by atoms with Crippen molar-refractivity contribution in [3.05, 3.63) is 111 Å². The molecule has 278 valence electrons. The molecule has 2 amide bonds. The summed E-state index contributed by atoms with van der Waals surface area (Å²) in [5.41, 5.74) is 1.67. The molecule has 1 unspecified atom stereocenters. The topological polar surface area (TPSA) is 185 Å². The number of aliphatic hydroxyl groups is 1. The number of hydrogen-bond acceptors (Lipinski definition) is 10. The number of non-ortho nitro benzene ring substituents is 1. The maximum atomic E-state index is 14.9. The summed E-state index contributed by atoms with van der Waals surface area (Å²) in [4.78, 5) is 52.6. The molecular weight excluding hydrogens is 695 g/mol. The summed E-state index contributed by atoms with van der Waals surface area (Å²) < 4.78 is 8.58. The third-order valence-corrected chi connectivity index (χ3v) is 13.5. The fourth-order valence-corrected chi connectivity index (χ4v) is 11.2. The SMILES string of the molecule is C[C@@H]1[C@@H]([Si](C)(C)O)[C@H](CCn2cc(C(CO)c3ccccc3)nn2)O[C@@]12C(=O)N(Cc1cccc(NC(=O)[C@H]3CCCN3)c1)c1ccc([N+](=O)[O-])cc12. The molecule has 2 saturated heterocycles. The highest BCUT2D eigenvalue weighted by Crippen LogP contribution is 2.60. The number of nitro groups is 1. The molecule has 14 nitrogen and oxygen atoms in total. The molecule has 1 aromatic heterocycles. The van der Waals surface area contributed by atoms with E-state index in [1.165, 1.54) is 12.1 Å². The Kier molecular flexibility index (Phi) is 10.0. The van der Waals surface area contributed by atoms with Crippen molar-refractivity contribution in [1.29, 1.82) is 0 Å². The van der Waals surface area contributed by atoms with Crippen LogP contribution in [0.5, 0.6) is 0 Å². The van der Waals surface area contributed by atoms with Crippen LogP contribution in [0.25, 0.3) is 0 Å². The average molecular weight is 740 g/mol. The van der Waals surface area contributed by atoms with Crippen molar-refractivity contribution in [2.24, 2.45) is 5.92 Å². The monoisotopic (exact) mass is 739 g/mol. The molecule has 0 radical (unpaired) electrons. The van der Waals surface area contributed by atoms with Crippen LogP contribution in [0.2, 0.25) is 18.6 Å². The van der Waals surface area contributed by atoms with Crippen molar-refractivity contribution in [2.75, 3.05) is 23.4 Å². The van der Waals surface area contributed by atoms with Crippen LogP contribution in [-0.2, 0) is 33.0 Å².